The van der Waals surface area contributed by atoms with Crippen molar-refractivity contribution in [3.63, 3.8) is 0 Å². The smallest absolute Gasteiger partial charge is 0.326 e. The molecule has 1 aliphatic heterocycles. The van der Waals surface area contributed by atoms with Crippen molar-refractivity contribution in [1.82, 2.24) is 4.98 Å². The van der Waals surface area contributed by atoms with Gasteiger partial charge >= 0.3 is 6.03 Å². The molecule has 0 spiro atoms. The van der Waals surface area contributed by atoms with Crippen LogP contribution >= 0.6 is 0 Å². The Bertz CT molecular complexity index is 918. The first-order chi connectivity index (χ1) is 11.8. The minimum Gasteiger partial charge on any atom is -0.497 e. The van der Waals surface area contributed by atoms with Crippen molar-refractivity contribution in [2.45, 2.75) is 6.42 Å². The SMILES string of the molecule is COc1ccc2c(c1)CCN2C(=O)Nc1cccc2cccnc12. The van der Waals surface area contributed by atoms with E-state index in [-0.39, 0.29) is 6.03 Å². The molecule has 2 heterocycles. The fourth-order valence-electron chi connectivity index (χ4n) is 3.10. The molecule has 0 atom stereocenters. The molecule has 120 valence electrons. The Hall–Kier alpha value is -3.08. The van der Waals surface area contributed by atoms with Crippen LogP contribution in [0.5, 0.6) is 5.75 Å². The second kappa shape index (κ2) is 5.85. The average Bonchev–Trinajstić information content (AvgIpc) is 3.05. The highest BCUT2D eigenvalue weighted by Crippen LogP contribution is 2.32. The summed E-state index contributed by atoms with van der Waals surface area (Å²) in [6.45, 7) is 0.659. The molecule has 3 aromatic rings. The van der Waals surface area contributed by atoms with Crippen LogP contribution in [0, 0.1) is 0 Å². The van der Waals surface area contributed by atoms with Gasteiger partial charge in [-0.3, -0.25) is 9.88 Å². The van der Waals surface area contributed by atoms with Crippen LogP contribution in [0.4, 0.5) is 16.2 Å². The van der Waals surface area contributed by atoms with Gasteiger partial charge < -0.3 is 10.1 Å². The van der Waals surface area contributed by atoms with Gasteiger partial charge in [-0.15, -0.1) is 0 Å². The summed E-state index contributed by atoms with van der Waals surface area (Å²) in [6, 6.07) is 15.3. The number of carbonyl (C=O) groups is 1. The third kappa shape index (κ3) is 2.44. The molecule has 1 aromatic heterocycles. The number of fused-ring (bicyclic) bond motifs is 2. The summed E-state index contributed by atoms with van der Waals surface area (Å²) in [5, 5.41) is 3.99. The van der Waals surface area contributed by atoms with E-state index in [9.17, 15) is 4.79 Å². The number of nitrogens with zero attached hydrogens (tertiary/aromatic N) is 2. The van der Waals surface area contributed by atoms with Crippen LogP contribution in [-0.4, -0.2) is 24.7 Å². The van der Waals surface area contributed by atoms with Crippen LogP contribution in [-0.2, 0) is 6.42 Å². The summed E-state index contributed by atoms with van der Waals surface area (Å²) in [5.41, 5.74) is 3.57. The van der Waals surface area contributed by atoms with E-state index in [1.807, 2.05) is 48.5 Å². The third-order valence-corrected chi connectivity index (χ3v) is 4.30. The monoisotopic (exact) mass is 319 g/mol. The lowest BCUT2D eigenvalue weighted by atomic mass is 10.1. The minimum atomic E-state index is -0.142. The Kier molecular flexibility index (Phi) is 3.54. The lowest BCUT2D eigenvalue weighted by Gasteiger charge is -2.19. The number of carbonyl (C=O) groups excluding carboxylic acids is 1. The topological polar surface area (TPSA) is 54.5 Å². The normalized spacial score (nSPS) is 13.0. The minimum absolute atomic E-state index is 0.142. The molecule has 0 fully saturated rings. The third-order valence-electron chi connectivity index (χ3n) is 4.30. The van der Waals surface area contributed by atoms with Crippen molar-refractivity contribution in [2.24, 2.45) is 0 Å². The Morgan fingerprint density at radius 2 is 2.08 bits per heavy atom. The highest BCUT2D eigenvalue weighted by molar-refractivity contribution is 6.07. The lowest BCUT2D eigenvalue weighted by molar-refractivity contribution is 0.257. The zero-order valence-corrected chi connectivity index (χ0v) is 13.3. The lowest BCUT2D eigenvalue weighted by Crippen LogP contribution is -2.33. The molecule has 1 aliphatic rings. The maximum Gasteiger partial charge on any atom is 0.326 e. The molecule has 0 aliphatic carbocycles. The number of amides is 2. The number of anilines is 2. The second-order valence-electron chi connectivity index (χ2n) is 5.71. The fraction of sp³-hybridized carbons (Fsp3) is 0.158. The van der Waals surface area contributed by atoms with Gasteiger partial charge in [0.15, 0.2) is 0 Å². The van der Waals surface area contributed by atoms with Gasteiger partial charge in [-0.25, -0.2) is 4.79 Å². The molecule has 0 radical (unpaired) electrons. The van der Waals surface area contributed by atoms with Gasteiger partial charge in [0.2, 0.25) is 0 Å². The number of urea groups is 1. The molecule has 2 aromatic carbocycles. The molecule has 2 amide bonds. The van der Waals surface area contributed by atoms with Crippen molar-refractivity contribution in [1.29, 1.82) is 0 Å². The van der Waals surface area contributed by atoms with Crippen LogP contribution in [0.1, 0.15) is 5.56 Å². The molecule has 24 heavy (non-hydrogen) atoms. The van der Waals surface area contributed by atoms with E-state index in [1.54, 1.807) is 18.2 Å². The molecule has 0 saturated carbocycles. The van der Waals surface area contributed by atoms with E-state index >= 15 is 0 Å². The second-order valence-corrected chi connectivity index (χ2v) is 5.71. The molecular weight excluding hydrogens is 302 g/mol. The molecule has 0 bridgehead atoms. The van der Waals surface area contributed by atoms with Crippen LogP contribution in [0.25, 0.3) is 10.9 Å². The Morgan fingerprint density at radius 3 is 2.96 bits per heavy atom. The summed E-state index contributed by atoms with van der Waals surface area (Å²) in [6.07, 6.45) is 2.56. The quantitative estimate of drug-likeness (QED) is 0.781. The number of hydrogen-bond donors (Lipinski definition) is 1. The standard InChI is InChI=1S/C19H17N3O2/c1-24-15-7-8-17-14(12-15)9-11-22(17)19(23)21-16-6-2-4-13-5-3-10-20-18(13)16/h2-8,10,12H,9,11H2,1H3,(H,21,23). The molecule has 0 saturated heterocycles. The van der Waals surface area contributed by atoms with Crippen LogP contribution < -0.4 is 15.0 Å². The number of para-hydroxylation sites is 1. The van der Waals surface area contributed by atoms with E-state index in [2.05, 4.69) is 10.3 Å². The summed E-state index contributed by atoms with van der Waals surface area (Å²) >= 11 is 0. The number of nitrogens with one attached hydrogen (secondary N) is 1. The Morgan fingerprint density at radius 1 is 1.21 bits per heavy atom. The van der Waals surface area contributed by atoms with E-state index < -0.39 is 0 Å². The highest BCUT2D eigenvalue weighted by Gasteiger charge is 2.25. The number of rotatable bonds is 2. The van der Waals surface area contributed by atoms with Crippen molar-refractivity contribution < 1.29 is 9.53 Å². The Balaban J connectivity index is 1.62. The number of pyridine rings is 1. The van der Waals surface area contributed by atoms with Gasteiger partial charge in [-0.1, -0.05) is 18.2 Å². The van der Waals surface area contributed by atoms with Crippen LogP contribution in [0.15, 0.2) is 54.7 Å². The highest BCUT2D eigenvalue weighted by atomic mass is 16.5. The summed E-state index contributed by atoms with van der Waals surface area (Å²) in [7, 11) is 1.65. The van der Waals surface area contributed by atoms with E-state index in [4.69, 9.17) is 4.74 Å². The maximum absolute atomic E-state index is 12.7. The number of hydrogen-bond acceptors (Lipinski definition) is 3. The molecular formula is C19H17N3O2. The Labute approximate surface area is 139 Å². The van der Waals surface area contributed by atoms with Crippen LogP contribution in [0.3, 0.4) is 0 Å². The van der Waals surface area contributed by atoms with Crippen molar-refractivity contribution >= 4 is 28.3 Å². The van der Waals surface area contributed by atoms with Gasteiger partial charge in [0.05, 0.1) is 18.3 Å². The molecule has 4 rings (SSSR count). The molecule has 5 nitrogen and oxygen atoms in total. The predicted octanol–water partition coefficient (Wildman–Crippen LogP) is 3.84. The van der Waals surface area contributed by atoms with E-state index in [0.29, 0.717) is 6.54 Å². The van der Waals surface area contributed by atoms with E-state index in [0.717, 1.165) is 40.0 Å². The molecule has 0 unspecified atom stereocenters. The largest absolute Gasteiger partial charge is 0.497 e. The first-order valence-corrected chi connectivity index (χ1v) is 7.85. The first-order valence-electron chi connectivity index (χ1n) is 7.85. The number of methoxy groups -OCH3 is 1. The number of benzene rings is 2. The summed E-state index contributed by atoms with van der Waals surface area (Å²) in [4.78, 5) is 18.9. The predicted molar refractivity (Wildman–Crippen MR) is 94.8 cm³/mol. The van der Waals surface area contributed by atoms with Crippen molar-refractivity contribution in [3.8, 4) is 5.75 Å². The zero-order chi connectivity index (χ0) is 16.5. The van der Waals surface area contributed by atoms with Gasteiger partial charge in [0.25, 0.3) is 0 Å². The fourth-order valence-corrected chi connectivity index (χ4v) is 3.10. The first kappa shape index (κ1) is 14.5. The van der Waals surface area contributed by atoms with E-state index in [1.165, 1.54) is 0 Å². The van der Waals surface area contributed by atoms with Crippen molar-refractivity contribution in [3.05, 3.63) is 60.3 Å². The number of aromatic nitrogens is 1. The average molecular weight is 319 g/mol. The molecule has 5 heteroatoms. The van der Waals surface area contributed by atoms with Gasteiger partial charge in [0, 0.05) is 23.8 Å². The molecule has 1 N–H and O–H groups in total. The summed E-state index contributed by atoms with van der Waals surface area (Å²) < 4.78 is 5.25. The van der Waals surface area contributed by atoms with Gasteiger partial charge in [-0.05, 0) is 42.3 Å². The van der Waals surface area contributed by atoms with Crippen molar-refractivity contribution in [2.75, 3.05) is 23.9 Å². The van der Waals surface area contributed by atoms with Crippen LogP contribution in [0.2, 0.25) is 0 Å². The summed E-state index contributed by atoms with van der Waals surface area (Å²) in [5.74, 6) is 0.814. The maximum atomic E-state index is 12.7. The zero-order valence-electron chi connectivity index (χ0n) is 13.3. The van der Waals surface area contributed by atoms with Gasteiger partial charge in [0.1, 0.15) is 5.75 Å². The number of ether oxygens (including phenoxy) is 1. The van der Waals surface area contributed by atoms with Gasteiger partial charge in [-0.2, -0.15) is 0 Å².